The maximum Gasteiger partial charge on any atom is 0.361 e. The first kappa shape index (κ1) is 14.9. The van der Waals surface area contributed by atoms with Crippen LogP contribution in [0.4, 0.5) is 4.39 Å². The van der Waals surface area contributed by atoms with Gasteiger partial charge >= 0.3 is 5.97 Å². The highest BCUT2D eigenvalue weighted by Gasteiger charge is 2.50. The second-order valence-corrected chi connectivity index (χ2v) is 5.89. The topological polar surface area (TPSA) is 76.1 Å². The highest BCUT2D eigenvalue weighted by Crippen LogP contribution is 2.46. The zero-order valence-corrected chi connectivity index (χ0v) is 12.3. The van der Waals surface area contributed by atoms with Crippen LogP contribution >= 0.6 is 11.8 Å². The standard InChI is InChI=1S/C14H12FNO5S/c1-7(17)20-13(19)12-14(22-11-6-10(18)16(11)12)21-9-4-2-3-8(15)5-9/h2-5,7,11,17H,6H2,1H3/t7-,11-/m1/s1. The number of carbonyl (C=O) groups is 2. The average molecular weight is 325 g/mol. The molecule has 1 fully saturated rings. The lowest BCUT2D eigenvalue weighted by Crippen LogP contribution is -2.48. The Bertz CT molecular complexity index is 675. The lowest BCUT2D eigenvalue weighted by Gasteiger charge is -2.33. The zero-order chi connectivity index (χ0) is 15.9. The van der Waals surface area contributed by atoms with Crippen molar-refractivity contribution in [2.75, 3.05) is 0 Å². The summed E-state index contributed by atoms with van der Waals surface area (Å²) >= 11 is 1.19. The molecular formula is C14H12FNO5S. The van der Waals surface area contributed by atoms with Crippen LogP contribution in [0, 0.1) is 5.82 Å². The summed E-state index contributed by atoms with van der Waals surface area (Å²) in [6, 6.07) is 5.44. The van der Waals surface area contributed by atoms with Crippen molar-refractivity contribution in [3.05, 3.63) is 40.9 Å². The van der Waals surface area contributed by atoms with Gasteiger partial charge in [-0.3, -0.25) is 9.69 Å². The van der Waals surface area contributed by atoms with Crippen molar-refractivity contribution in [1.29, 1.82) is 0 Å². The van der Waals surface area contributed by atoms with E-state index in [1.54, 1.807) is 0 Å². The number of benzene rings is 1. The van der Waals surface area contributed by atoms with E-state index >= 15 is 0 Å². The molecule has 0 unspecified atom stereocenters. The first-order valence-electron chi connectivity index (χ1n) is 6.51. The summed E-state index contributed by atoms with van der Waals surface area (Å²) in [7, 11) is 0. The van der Waals surface area contributed by atoms with Crippen molar-refractivity contribution in [3.8, 4) is 5.75 Å². The average Bonchev–Trinajstić information content (AvgIpc) is 2.70. The van der Waals surface area contributed by atoms with Crippen molar-refractivity contribution in [1.82, 2.24) is 4.90 Å². The van der Waals surface area contributed by atoms with Crippen molar-refractivity contribution in [2.45, 2.75) is 25.0 Å². The van der Waals surface area contributed by atoms with Crippen LogP contribution in [0.15, 0.2) is 35.1 Å². The molecule has 116 valence electrons. The van der Waals surface area contributed by atoms with E-state index in [1.807, 2.05) is 0 Å². The second kappa shape index (κ2) is 5.62. The fourth-order valence-corrected chi connectivity index (χ4v) is 3.37. The molecule has 2 aliphatic heterocycles. The molecule has 8 heteroatoms. The zero-order valence-electron chi connectivity index (χ0n) is 11.5. The second-order valence-electron chi connectivity index (χ2n) is 4.74. The van der Waals surface area contributed by atoms with E-state index in [0.29, 0.717) is 0 Å². The molecule has 1 aromatic rings. The van der Waals surface area contributed by atoms with Crippen molar-refractivity contribution in [2.24, 2.45) is 0 Å². The number of amides is 1. The van der Waals surface area contributed by atoms with Gasteiger partial charge in [0, 0.05) is 6.07 Å². The molecule has 2 heterocycles. The van der Waals surface area contributed by atoms with E-state index < -0.39 is 18.1 Å². The van der Waals surface area contributed by atoms with Crippen molar-refractivity contribution < 1.29 is 28.6 Å². The third-order valence-corrected chi connectivity index (χ3v) is 4.20. The van der Waals surface area contributed by atoms with E-state index in [1.165, 1.54) is 47.9 Å². The quantitative estimate of drug-likeness (QED) is 0.514. The SMILES string of the molecule is C[C@H](O)OC(=O)C1=C(Oc2cccc(F)c2)S[C@@H]2CC(=O)N12. The Kier molecular flexibility index (Phi) is 3.79. The van der Waals surface area contributed by atoms with Gasteiger partial charge < -0.3 is 14.6 Å². The Morgan fingerprint density at radius 1 is 1.55 bits per heavy atom. The number of hydrogen-bond donors (Lipinski definition) is 1. The maximum absolute atomic E-state index is 13.2. The van der Waals surface area contributed by atoms with Gasteiger partial charge in [0.2, 0.25) is 5.91 Å². The van der Waals surface area contributed by atoms with Crippen LogP contribution in [0.3, 0.4) is 0 Å². The van der Waals surface area contributed by atoms with Gasteiger partial charge in [0.25, 0.3) is 0 Å². The third kappa shape index (κ3) is 2.67. The number of ether oxygens (including phenoxy) is 2. The van der Waals surface area contributed by atoms with Crippen LogP contribution in [0.1, 0.15) is 13.3 Å². The molecule has 0 aromatic heterocycles. The minimum Gasteiger partial charge on any atom is -0.448 e. The number of nitrogens with zero attached hydrogens (tertiary/aromatic N) is 1. The van der Waals surface area contributed by atoms with Crippen LogP contribution < -0.4 is 4.74 Å². The first-order valence-corrected chi connectivity index (χ1v) is 7.39. The van der Waals surface area contributed by atoms with Crippen molar-refractivity contribution in [3.63, 3.8) is 0 Å². The van der Waals surface area contributed by atoms with Crippen LogP contribution in [0.25, 0.3) is 0 Å². The summed E-state index contributed by atoms with van der Waals surface area (Å²) in [6.45, 7) is 1.28. The van der Waals surface area contributed by atoms with E-state index in [-0.39, 0.29) is 34.2 Å². The summed E-state index contributed by atoms with van der Waals surface area (Å²) < 4.78 is 23.5. The smallest absolute Gasteiger partial charge is 0.361 e. The van der Waals surface area contributed by atoms with Gasteiger partial charge in [-0.15, -0.1) is 0 Å². The number of hydrogen-bond acceptors (Lipinski definition) is 6. The Labute approximate surface area is 129 Å². The predicted molar refractivity (Wildman–Crippen MR) is 74.7 cm³/mol. The summed E-state index contributed by atoms with van der Waals surface area (Å²) in [6.07, 6.45) is -1.03. The molecule has 0 radical (unpaired) electrons. The molecule has 1 N–H and O–H groups in total. The van der Waals surface area contributed by atoms with Gasteiger partial charge in [-0.25, -0.2) is 9.18 Å². The Balaban J connectivity index is 1.90. The molecule has 0 aliphatic carbocycles. The molecule has 0 saturated carbocycles. The summed E-state index contributed by atoms with van der Waals surface area (Å²) in [5.74, 6) is -1.36. The van der Waals surface area contributed by atoms with Crippen LogP contribution in [0.5, 0.6) is 5.75 Å². The van der Waals surface area contributed by atoms with Gasteiger partial charge in [0.15, 0.2) is 17.1 Å². The van der Waals surface area contributed by atoms with Gasteiger partial charge in [-0.2, -0.15) is 0 Å². The fourth-order valence-electron chi connectivity index (χ4n) is 2.13. The van der Waals surface area contributed by atoms with Gasteiger partial charge in [0.1, 0.15) is 11.6 Å². The summed E-state index contributed by atoms with van der Waals surface area (Å²) in [5, 5.41) is 9.10. The molecule has 22 heavy (non-hydrogen) atoms. The monoisotopic (exact) mass is 325 g/mol. The highest BCUT2D eigenvalue weighted by molar-refractivity contribution is 8.03. The van der Waals surface area contributed by atoms with Crippen molar-refractivity contribution >= 4 is 23.6 Å². The van der Waals surface area contributed by atoms with E-state index in [9.17, 15) is 14.0 Å². The minimum atomic E-state index is -1.31. The molecule has 3 rings (SSSR count). The maximum atomic E-state index is 13.2. The number of β-lactam (4-membered cyclic amide) rings is 1. The molecule has 6 nitrogen and oxygen atoms in total. The molecule has 1 saturated heterocycles. The Morgan fingerprint density at radius 3 is 2.95 bits per heavy atom. The Morgan fingerprint density at radius 2 is 2.32 bits per heavy atom. The molecule has 1 aromatic carbocycles. The van der Waals surface area contributed by atoms with Crippen LogP contribution in [-0.2, 0) is 14.3 Å². The van der Waals surface area contributed by atoms with E-state index in [0.717, 1.165) is 0 Å². The number of carbonyl (C=O) groups excluding carboxylic acids is 2. The van der Waals surface area contributed by atoms with Gasteiger partial charge in [-0.05, 0) is 19.1 Å². The van der Waals surface area contributed by atoms with Gasteiger partial charge in [0.05, 0.1) is 11.8 Å². The summed E-state index contributed by atoms with van der Waals surface area (Å²) in [4.78, 5) is 25.0. The van der Waals surface area contributed by atoms with E-state index in [4.69, 9.17) is 14.6 Å². The first-order chi connectivity index (χ1) is 10.5. The summed E-state index contributed by atoms with van der Waals surface area (Å²) in [5.41, 5.74) is -0.0589. The number of thioether (sulfide) groups is 1. The van der Waals surface area contributed by atoms with E-state index in [2.05, 4.69) is 0 Å². The lowest BCUT2D eigenvalue weighted by atomic mass is 10.2. The fraction of sp³-hybridized carbons (Fsp3) is 0.286. The molecule has 1 amide bonds. The minimum absolute atomic E-state index is 0.0589. The number of fused-ring (bicyclic) bond motifs is 1. The largest absolute Gasteiger partial charge is 0.448 e. The number of esters is 1. The molecule has 0 spiro atoms. The van der Waals surface area contributed by atoms with Crippen LogP contribution in [-0.4, -0.2) is 33.5 Å². The molecular weight excluding hydrogens is 313 g/mol. The molecule has 0 bridgehead atoms. The lowest BCUT2D eigenvalue weighted by molar-refractivity contribution is -0.165. The normalized spacial score (nSPS) is 21.3. The third-order valence-electron chi connectivity index (χ3n) is 3.06. The number of aliphatic hydroxyl groups excluding tert-OH is 1. The predicted octanol–water partition coefficient (Wildman–Crippen LogP) is 1.56. The number of halogens is 1. The van der Waals surface area contributed by atoms with Crippen LogP contribution in [0.2, 0.25) is 0 Å². The Hall–Kier alpha value is -2.06. The number of rotatable bonds is 4. The number of aliphatic hydroxyl groups is 1. The highest BCUT2D eigenvalue weighted by atomic mass is 32.2. The molecule has 2 atom stereocenters. The van der Waals surface area contributed by atoms with Gasteiger partial charge in [-0.1, -0.05) is 17.8 Å². The molecule has 2 aliphatic rings.